The molecule has 100 valence electrons. The summed E-state index contributed by atoms with van der Waals surface area (Å²) in [4.78, 5) is 10.6. The van der Waals surface area contributed by atoms with E-state index in [-0.39, 0.29) is 4.90 Å². The number of ether oxygens (including phenoxy) is 1. The number of sulfonamides is 1. The van der Waals surface area contributed by atoms with Gasteiger partial charge in [-0.25, -0.2) is 8.42 Å². The number of hydrogen-bond donors (Lipinski definition) is 1. The summed E-state index contributed by atoms with van der Waals surface area (Å²) in [5, 5.41) is 8.62. The molecule has 6 nitrogen and oxygen atoms in total. The van der Waals surface area contributed by atoms with Crippen LogP contribution in [-0.2, 0) is 14.8 Å². The third kappa shape index (κ3) is 2.99. The maximum absolute atomic E-state index is 12.1. The van der Waals surface area contributed by atoms with Crippen molar-refractivity contribution in [3.05, 3.63) is 23.8 Å². The Morgan fingerprint density at radius 3 is 2.50 bits per heavy atom. The molecular formula is C11H15NO5S. The summed E-state index contributed by atoms with van der Waals surface area (Å²) in [5.41, 5.74) is 0.506. The molecule has 1 aromatic carbocycles. The van der Waals surface area contributed by atoms with E-state index in [1.165, 1.54) is 26.3 Å². The molecule has 0 amide bonds. The van der Waals surface area contributed by atoms with Gasteiger partial charge in [0, 0.05) is 7.05 Å². The number of carboxylic acid groups (broad SMARTS) is 1. The summed E-state index contributed by atoms with van der Waals surface area (Å²) in [6.45, 7) is 1.05. The maximum Gasteiger partial charge on any atom is 0.318 e. The first-order chi connectivity index (χ1) is 8.28. The van der Waals surface area contributed by atoms with Gasteiger partial charge in [0.15, 0.2) is 0 Å². The van der Waals surface area contributed by atoms with Crippen LogP contribution in [0, 0.1) is 6.92 Å². The van der Waals surface area contributed by atoms with Crippen molar-refractivity contribution < 1.29 is 23.1 Å². The van der Waals surface area contributed by atoms with Gasteiger partial charge in [0.25, 0.3) is 0 Å². The molecule has 0 bridgehead atoms. The lowest BCUT2D eigenvalue weighted by Gasteiger charge is -2.16. The van der Waals surface area contributed by atoms with Gasteiger partial charge in [-0.05, 0) is 30.7 Å². The number of carbonyl (C=O) groups is 1. The van der Waals surface area contributed by atoms with Crippen molar-refractivity contribution in [3.8, 4) is 5.75 Å². The first-order valence-corrected chi connectivity index (χ1v) is 6.56. The molecule has 1 rings (SSSR count). The number of hydrogen-bond acceptors (Lipinski definition) is 4. The van der Waals surface area contributed by atoms with E-state index >= 15 is 0 Å². The molecule has 0 radical (unpaired) electrons. The van der Waals surface area contributed by atoms with Crippen LogP contribution in [0.25, 0.3) is 0 Å². The minimum atomic E-state index is -3.79. The fourth-order valence-corrected chi connectivity index (χ4v) is 2.80. The zero-order valence-corrected chi connectivity index (χ0v) is 11.2. The number of rotatable bonds is 5. The van der Waals surface area contributed by atoms with Crippen LogP contribution in [0.4, 0.5) is 0 Å². The van der Waals surface area contributed by atoms with Gasteiger partial charge in [0.2, 0.25) is 10.0 Å². The molecule has 0 heterocycles. The molecule has 0 aliphatic rings. The molecule has 0 fully saturated rings. The zero-order chi connectivity index (χ0) is 13.9. The number of benzene rings is 1. The average molecular weight is 273 g/mol. The Hall–Kier alpha value is -1.60. The number of aryl methyl sites for hydroxylation is 1. The topological polar surface area (TPSA) is 83.9 Å². The molecule has 0 saturated carbocycles. The second-order valence-electron chi connectivity index (χ2n) is 3.79. The molecule has 0 aliphatic carbocycles. The van der Waals surface area contributed by atoms with Gasteiger partial charge < -0.3 is 9.84 Å². The molecule has 18 heavy (non-hydrogen) atoms. The SMILES string of the molecule is COc1ccc(S(=O)(=O)N(C)CC(=O)O)c(C)c1. The highest BCUT2D eigenvalue weighted by Crippen LogP contribution is 2.23. The van der Waals surface area contributed by atoms with Gasteiger partial charge in [-0.2, -0.15) is 4.31 Å². The lowest BCUT2D eigenvalue weighted by atomic mass is 10.2. The van der Waals surface area contributed by atoms with Crippen LogP contribution in [0.3, 0.4) is 0 Å². The molecule has 0 spiro atoms. The van der Waals surface area contributed by atoms with E-state index in [9.17, 15) is 13.2 Å². The van der Waals surface area contributed by atoms with Crippen molar-refractivity contribution in [2.75, 3.05) is 20.7 Å². The van der Waals surface area contributed by atoms with Crippen LogP contribution < -0.4 is 4.74 Å². The van der Waals surface area contributed by atoms with Gasteiger partial charge in [0.1, 0.15) is 12.3 Å². The predicted molar refractivity (Wildman–Crippen MR) is 65.2 cm³/mol. The molecular weight excluding hydrogens is 258 g/mol. The van der Waals surface area contributed by atoms with E-state index in [0.717, 1.165) is 4.31 Å². The summed E-state index contributed by atoms with van der Waals surface area (Å²) in [6, 6.07) is 4.51. The van der Waals surface area contributed by atoms with Crippen molar-refractivity contribution in [1.29, 1.82) is 0 Å². The normalized spacial score (nSPS) is 11.6. The van der Waals surface area contributed by atoms with Gasteiger partial charge >= 0.3 is 5.97 Å². The second kappa shape index (κ2) is 5.36. The number of methoxy groups -OCH3 is 1. The molecule has 0 saturated heterocycles. The maximum atomic E-state index is 12.1. The second-order valence-corrected chi connectivity index (χ2v) is 5.80. The third-order valence-electron chi connectivity index (χ3n) is 2.43. The van der Waals surface area contributed by atoms with E-state index in [2.05, 4.69) is 0 Å². The van der Waals surface area contributed by atoms with Crippen molar-refractivity contribution in [1.82, 2.24) is 4.31 Å². The minimum absolute atomic E-state index is 0.0760. The Kier molecular flexibility index (Phi) is 4.31. The Balaban J connectivity index is 3.16. The summed E-state index contributed by atoms with van der Waals surface area (Å²) < 4.78 is 30.0. The Bertz CT molecular complexity index is 553. The fourth-order valence-electron chi connectivity index (χ4n) is 1.48. The van der Waals surface area contributed by atoms with E-state index in [1.807, 2.05) is 0 Å². The average Bonchev–Trinajstić information content (AvgIpc) is 2.27. The zero-order valence-electron chi connectivity index (χ0n) is 10.4. The van der Waals surface area contributed by atoms with Crippen LogP contribution in [0.15, 0.2) is 23.1 Å². The molecule has 1 N–H and O–H groups in total. The largest absolute Gasteiger partial charge is 0.497 e. The quantitative estimate of drug-likeness (QED) is 0.854. The fraction of sp³-hybridized carbons (Fsp3) is 0.364. The van der Waals surface area contributed by atoms with E-state index in [0.29, 0.717) is 11.3 Å². The van der Waals surface area contributed by atoms with Gasteiger partial charge in [-0.15, -0.1) is 0 Å². The van der Waals surface area contributed by atoms with Crippen LogP contribution in [0.1, 0.15) is 5.56 Å². The molecule has 0 atom stereocenters. The molecule has 0 unspecified atom stereocenters. The summed E-state index contributed by atoms with van der Waals surface area (Å²) >= 11 is 0. The first-order valence-electron chi connectivity index (χ1n) is 5.12. The first kappa shape index (κ1) is 14.5. The Morgan fingerprint density at radius 1 is 1.44 bits per heavy atom. The van der Waals surface area contributed by atoms with Crippen LogP contribution in [-0.4, -0.2) is 44.5 Å². The highest BCUT2D eigenvalue weighted by Gasteiger charge is 2.24. The molecule has 0 aromatic heterocycles. The monoisotopic (exact) mass is 273 g/mol. The van der Waals surface area contributed by atoms with Crippen molar-refractivity contribution in [2.45, 2.75) is 11.8 Å². The minimum Gasteiger partial charge on any atom is -0.497 e. The Morgan fingerprint density at radius 2 is 2.06 bits per heavy atom. The van der Waals surface area contributed by atoms with Gasteiger partial charge in [-0.1, -0.05) is 0 Å². The van der Waals surface area contributed by atoms with Crippen molar-refractivity contribution in [2.24, 2.45) is 0 Å². The summed E-state index contributed by atoms with van der Waals surface area (Å²) in [5.74, 6) is -0.653. The van der Waals surface area contributed by atoms with Crippen LogP contribution >= 0.6 is 0 Å². The highest BCUT2D eigenvalue weighted by molar-refractivity contribution is 7.89. The van der Waals surface area contributed by atoms with Gasteiger partial charge in [-0.3, -0.25) is 4.79 Å². The molecule has 1 aromatic rings. The predicted octanol–water partition coefficient (Wildman–Crippen LogP) is 0.709. The lowest BCUT2D eigenvalue weighted by Crippen LogP contribution is -2.32. The molecule has 0 aliphatic heterocycles. The summed E-state index contributed by atoms with van der Waals surface area (Å²) in [6.07, 6.45) is 0. The lowest BCUT2D eigenvalue weighted by molar-refractivity contribution is -0.137. The standard InChI is InChI=1S/C11H15NO5S/c1-8-6-9(17-3)4-5-10(8)18(15,16)12(2)7-11(13)14/h4-6H,7H2,1-3H3,(H,13,14). The number of aliphatic carboxylic acids is 1. The summed E-state index contributed by atoms with van der Waals surface area (Å²) in [7, 11) is -1.08. The number of nitrogens with zero attached hydrogens (tertiary/aromatic N) is 1. The van der Waals surface area contributed by atoms with Gasteiger partial charge in [0.05, 0.1) is 12.0 Å². The van der Waals surface area contributed by atoms with E-state index in [4.69, 9.17) is 9.84 Å². The van der Waals surface area contributed by atoms with Crippen LogP contribution in [0.5, 0.6) is 5.75 Å². The molecule has 7 heteroatoms. The van der Waals surface area contributed by atoms with Crippen LogP contribution in [0.2, 0.25) is 0 Å². The van der Waals surface area contributed by atoms with Crippen molar-refractivity contribution >= 4 is 16.0 Å². The number of likely N-dealkylation sites (N-methyl/N-ethyl adjacent to an activating group) is 1. The van der Waals surface area contributed by atoms with E-state index in [1.54, 1.807) is 13.0 Å². The highest BCUT2D eigenvalue weighted by atomic mass is 32.2. The van der Waals surface area contributed by atoms with E-state index < -0.39 is 22.5 Å². The third-order valence-corrected chi connectivity index (χ3v) is 4.39. The Labute approximate surface area is 106 Å². The van der Waals surface area contributed by atoms with Crippen molar-refractivity contribution in [3.63, 3.8) is 0 Å². The smallest absolute Gasteiger partial charge is 0.318 e. The number of carboxylic acids is 1.